The van der Waals surface area contributed by atoms with Crippen LogP contribution in [0.3, 0.4) is 0 Å². The van der Waals surface area contributed by atoms with Crippen molar-refractivity contribution in [3.63, 3.8) is 0 Å². The van der Waals surface area contributed by atoms with Crippen LogP contribution >= 0.6 is 0 Å². The summed E-state index contributed by atoms with van der Waals surface area (Å²) in [4.78, 5) is 18.8. The van der Waals surface area contributed by atoms with Crippen LogP contribution in [0, 0.1) is 22.7 Å². The summed E-state index contributed by atoms with van der Waals surface area (Å²) in [5, 5.41) is 8.84. The highest BCUT2D eigenvalue weighted by Crippen LogP contribution is 2.42. The molecule has 26 heavy (non-hydrogen) atoms. The Kier molecular flexibility index (Phi) is 4.31. The molecule has 2 atom stereocenters. The van der Waals surface area contributed by atoms with Crippen LogP contribution in [0.2, 0.25) is 0 Å². The van der Waals surface area contributed by atoms with Gasteiger partial charge < -0.3 is 14.4 Å². The van der Waals surface area contributed by atoms with E-state index in [1.54, 1.807) is 12.1 Å². The van der Waals surface area contributed by atoms with E-state index in [0.717, 1.165) is 0 Å². The molecule has 2 fully saturated rings. The summed E-state index contributed by atoms with van der Waals surface area (Å²) in [7, 11) is 0. The van der Waals surface area contributed by atoms with E-state index in [1.807, 2.05) is 41.3 Å². The van der Waals surface area contributed by atoms with Crippen molar-refractivity contribution < 1.29 is 14.3 Å². The van der Waals surface area contributed by atoms with Gasteiger partial charge in [-0.05, 0) is 18.2 Å². The lowest BCUT2D eigenvalue weighted by Gasteiger charge is -2.26. The first-order valence-electron chi connectivity index (χ1n) is 8.61. The number of fused-ring (bicyclic) bond motifs is 1. The minimum absolute atomic E-state index is 0.0517. The normalized spacial score (nSPS) is 24.1. The van der Waals surface area contributed by atoms with E-state index in [2.05, 4.69) is 4.98 Å². The highest BCUT2D eigenvalue weighted by molar-refractivity contribution is 5.94. The molecule has 6 heteroatoms. The Hall–Kier alpha value is -2.91. The van der Waals surface area contributed by atoms with Gasteiger partial charge in [0.2, 0.25) is 5.88 Å². The Bertz CT molecular complexity index is 832. The van der Waals surface area contributed by atoms with E-state index in [-0.39, 0.29) is 17.2 Å². The van der Waals surface area contributed by atoms with Crippen LogP contribution in [0.25, 0.3) is 0 Å². The van der Waals surface area contributed by atoms with Crippen molar-refractivity contribution >= 4 is 5.91 Å². The molecule has 0 N–H and O–H groups in total. The molecular weight excluding hydrogens is 330 g/mol. The van der Waals surface area contributed by atoms with Gasteiger partial charge in [-0.15, -0.1) is 0 Å². The molecule has 2 saturated heterocycles. The maximum atomic E-state index is 12.8. The molecule has 2 aliphatic rings. The zero-order chi connectivity index (χ0) is 18.0. The van der Waals surface area contributed by atoms with E-state index in [1.165, 1.54) is 6.20 Å². The molecule has 3 heterocycles. The first-order chi connectivity index (χ1) is 12.7. The molecule has 6 nitrogen and oxygen atoms in total. The molecule has 4 rings (SSSR count). The Labute approximate surface area is 152 Å². The Morgan fingerprint density at radius 1 is 1.35 bits per heavy atom. The van der Waals surface area contributed by atoms with Gasteiger partial charge in [0, 0.05) is 36.8 Å². The van der Waals surface area contributed by atoms with Gasteiger partial charge in [-0.1, -0.05) is 18.2 Å². The molecule has 1 aromatic heterocycles. The average Bonchev–Trinajstić information content (AvgIpc) is 3.24. The second-order valence-electron chi connectivity index (χ2n) is 6.91. The van der Waals surface area contributed by atoms with Crippen LogP contribution in [0.4, 0.5) is 0 Å². The van der Waals surface area contributed by atoms with Crippen molar-refractivity contribution in [1.29, 1.82) is 5.26 Å². The third-order valence-corrected chi connectivity index (χ3v) is 5.20. The van der Waals surface area contributed by atoms with Crippen LogP contribution < -0.4 is 4.74 Å². The maximum Gasteiger partial charge on any atom is 0.253 e. The fourth-order valence-electron chi connectivity index (χ4n) is 3.70. The fraction of sp³-hybridized carbons (Fsp3) is 0.350. The van der Waals surface area contributed by atoms with E-state index in [0.29, 0.717) is 49.9 Å². The number of likely N-dealkylation sites (tertiary alicyclic amines) is 1. The maximum absolute atomic E-state index is 12.8. The van der Waals surface area contributed by atoms with E-state index >= 15 is 0 Å². The monoisotopic (exact) mass is 349 g/mol. The second kappa shape index (κ2) is 6.77. The minimum Gasteiger partial charge on any atom is -0.477 e. The van der Waals surface area contributed by atoms with Gasteiger partial charge in [0.05, 0.1) is 30.8 Å². The highest BCUT2D eigenvalue weighted by Gasteiger charge is 2.52. The molecule has 2 aliphatic heterocycles. The van der Waals surface area contributed by atoms with Crippen molar-refractivity contribution in [3.05, 3.63) is 59.8 Å². The second-order valence-corrected chi connectivity index (χ2v) is 6.91. The molecule has 0 aliphatic carbocycles. The van der Waals surface area contributed by atoms with Crippen molar-refractivity contribution in [2.24, 2.45) is 11.3 Å². The number of nitriles is 1. The lowest BCUT2D eigenvalue weighted by atomic mass is 9.82. The summed E-state index contributed by atoms with van der Waals surface area (Å²) in [5.74, 6) is 0.793. The summed E-state index contributed by atoms with van der Waals surface area (Å²) < 4.78 is 11.6. The smallest absolute Gasteiger partial charge is 0.253 e. The van der Waals surface area contributed by atoms with E-state index in [9.17, 15) is 4.79 Å². The molecule has 0 bridgehead atoms. The number of hydrogen-bond acceptors (Lipinski definition) is 5. The topological polar surface area (TPSA) is 75.5 Å². The predicted molar refractivity (Wildman–Crippen MR) is 93.5 cm³/mol. The van der Waals surface area contributed by atoms with Gasteiger partial charge >= 0.3 is 0 Å². The van der Waals surface area contributed by atoms with Crippen LogP contribution in [-0.4, -0.2) is 48.7 Å². The van der Waals surface area contributed by atoms with Gasteiger partial charge in [-0.3, -0.25) is 4.79 Å². The van der Waals surface area contributed by atoms with Crippen molar-refractivity contribution in [3.8, 4) is 11.9 Å². The lowest BCUT2D eigenvalue weighted by Crippen LogP contribution is -2.38. The number of amides is 1. The first-order valence-corrected chi connectivity index (χ1v) is 8.61. The number of nitrogens with zero attached hydrogens (tertiary/aromatic N) is 3. The number of hydrogen-bond donors (Lipinski definition) is 0. The number of aromatic nitrogens is 1. The van der Waals surface area contributed by atoms with Crippen molar-refractivity contribution in [2.45, 2.75) is 0 Å². The van der Waals surface area contributed by atoms with E-state index < -0.39 is 0 Å². The molecule has 0 saturated carbocycles. The van der Waals surface area contributed by atoms with Gasteiger partial charge in [-0.2, -0.15) is 5.26 Å². The zero-order valence-corrected chi connectivity index (χ0v) is 14.3. The van der Waals surface area contributed by atoms with Gasteiger partial charge in [0.1, 0.15) is 6.07 Å². The molecule has 0 radical (unpaired) electrons. The lowest BCUT2D eigenvalue weighted by molar-refractivity contribution is 0.0655. The van der Waals surface area contributed by atoms with Crippen molar-refractivity contribution in [1.82, 2.24) is 9.88 Å². The van der Waals surface area contributed by atoms with Crippen LogP contribution in [-0.2, 0) is 4.74 Å². The highest BCUT2D eigenvalue weighted by atomic mass is 16.5. The molecule has 1 aromatic carbocycles. The van der Waals surface area contributed by atoms with E-state index in [4.69, 9.17) is 14.7 Å². The standard InChI is InChI=1S/C20H19N3O3/c21-8-15-6-7-18(22-9-15)26-14-20-12-23(10-17(20)11-25-13-20)19(24)16-4-2-1-3-5-16/h1-7,9,17H,10-14H2/t17-,20+/m0/s1. The summed E-state index contributed by atoms with van der Waals surface area (Å²) in [5.41, 5.74) is 0.997. The Morgan fingerprint density at radius 3 is 2.92 bits per heavy atom. The van der Waals surface area contributed by atoms with Gasteiger partial charge in [-0.25, -0.2) is 4.98 Å². The Balaban J connectivity index is 1.46. The number of benzene rings is 1. The summed E-state index contributed by atoms with van der Waals surface area (Å²) in [6.07, 6.45) is 1.50. The van der Waals surface area contributed by atoms with Gasteiger partial charge in [0.15, 0.2) is 0 Å². The summed E-state index contributed by atoms with van der Waals surface area (Å²) in [6.45, 7) is 2.95. The summed E-state index contributed by atoms with van der Waals surface area (Å²) in [6, 6.07) is 14.8. The van der Waals surface area contributed by atoms with Crippen LogP contribution in [0.15, 0.2) is 48.7 Å². The number of carbonyl (C=O) groups is 1. The largest absolute Gasteiger partial charge is 0.477 e. The first kappa shape index (κ1) is 16.6. The zero-order valence-electron chi connectivity index (χ0n) is 14.3. The molecular formula is C20H19N3O3. The third-order valence-electron chi connectivity index (χ3n) is 5.20. The number of ether oxygens (including phenoxy) is 2. The molecule has 0 unspecified atom stereocenters. The average molecular weight is 349 g/mol. The molecule has 1 amide bonds. The molecule has 132 valence electrons. The number of pyridine rings is 1. The quantitative estimate of drug-likeness (QED) is 0.845. The van der Waals surface area contributed by atoms with Gasteiger partial charge in [0.25, 0.3) is 5.91 Å². The molecule has 0 spiro atoms. The Morgan fingerprint density at radius 2 is 2.19 bits per heavy atom. The SMILES string of the molecule is N#Cc1ccc(OC[C@@]23COC[C@@H]2CN(C(=O)c2ccccc2)C3)nc1. The van der Waals surface area contributed by atoms with Crippen molar-refractivity contribution in [2.75, 3.05) is 32.9 Å². The minimum atomic E-state index is -0.208. The number of carbonyl (C=O) groups excluding carboxylic acids is 1. The number of rotatable bonds is 4. The predicted octanol–water partition coefficient (Wildman–Crippen LogP) is 2.12. The fourth-order valence-corrected chi connectivity index (χ4v) is 3.70. The third kappa shape index (κ3) is 3.02. The molecule has 2 aromatic rings. The van der Waals surface area contributed by atoms with Crippen LogP contribution in [0.5, 0.6) is 5.88 Å². The van der Waals surface area contributed by atoms with Crippen LogP contribution in [0.1, 0.15) is 15.9 Å². The summed E-state index contributed by atoms with van der Waals surface area (Å²) >= 11 is 0.